The molecule has 0 atom stereocenters. The normalized spacial score (nSPS) is 13.6. The summed E-state index contributed by atoms with van der Waals surface area (Å²) in [7, 11) is 0. The van der Waals surface area contributed by atoms with E-state index < -0.39 is 34.6 Å². The average Bonchev–Trinajstić information content (AvgIpc) is 2.14. The highest BCUT2D eigenvalue weighted by Gasteiger charge is 2.39. The third-order valence-corrected chi connectivity index (χ3v) is 1.50. The molecule has 9 heteroatoms. The van der Waals surface area contributed by atoms with Crippen molar-refractivity contribution in [3.05, 3.63) is 38.4 Å². The minimum Gasteiger partial charge on any atom is -0.313 e. The lowest BCUT2D eigenvalue weighted by Crippen LogP contribution is -2.24. The Kier molecular flexibility index (Phi) is 2.97. The number of halogens is 5. The summed E-state index contributed by atoms with van der Waals surface area (Å²) in [6.45, 7) is 0. The lowest BCUT2D eigenvalue weighted by atomic mass is 10.2. The number of nitrogens with one attached hydrogen (secondary N) is 2. The van der Waals surface area contributed by atoms with E-state index in [0.717, 1.165) is 0 Å². The first kappa shape index (κ1) is 12.1. The van der Waals surface area contributed by atoms with Gasteiger partial charge in [0.25, 0.3) is 5.56 Å². The maximum Gasteiger partial charge on any atom is 0.445 e. The largest absolute Gasteiger partial charge is 0.445 e. The Balaban J connectivity index is 3.41. The molecule has 0 aliphatic heterocycles. The molecule has 0 spiro atoms. The van der Waals surface area contributed by atoms with Crippen molar-refractivity contribution in [1.82, 2.24) is 9.97 Å². The summed E-state index contributed by atoms with van der Waals surface area (Å²) in [5.41, 5.74) is -3.75. The highest BCUT2D eigenvalue weighted by molar-refractivity contribution is 5.59. The molecular weight excluding hydrogens is 239 g/mol. The van der Waals surface area contributed by atoms with Gasteiger partial charge in [-0.3, -0.25) is 9.78 Å². The van der Waals surface area contributed by atoms with E-state index in [1.807, 2.05) is 0 Å². The second kappa shape index (κ2) is 3.91. The molecule has 0 amide bonds. The molecule has 0 saturated carbocycles. The SMILES string of the molecule is O=c1[nH]cc(/C(F)=C(\F)C(F)(F)F)c(=O)[nH]1. The molecule has 1 aromatic rings. The van der Waals surface area contributed by atoms with Crippen LogP contribution in [-0.4, -0.2) is 16.1 Å². The average molecular weight is 242 g/mol. The highest BCUT2D eigenvalue weighted by atomic mass is 19.4. The first-order chi connectivity index (χ1) is 7.23. The van der Waals surface area contributed by atoms with Crippen LogP contribution in [0, 0.1) is 0 Å². The third-order valence-electron chi connectivity index (χ3n) is 1.50. The molecule has 4 nitrogen and oxygen atoms in total. The van der Waals surface area contributed by atoms with Crippen LogP contribution in [-0.2, 0) is 0 Å². The van der Waals surface area contributed by atoms with E-state index >= 15 is 0 Å². The van der Waals surface area contributed by atoms with Crippen molar-refractivity contribution in [2.75, 3.05) is 0 Å². The Morgan fingerprint density at radius 2 is 1.75 bits per heavy atom. The Morgan fingerprint density at radius 3 is 2.19 bits per heavy atom. The molecule has 0 saturated heterocycles. The molecule has 0 aromatic carbocycles. The number of alkyl halides is 3. The zero-order valence-electron chi connectivity index (χ0n) is 7.28. The molecule has 0 radical (unpaired) electrons. The fourth-order valence-corrected chi connectivity index (χ4v) is 0.816. The van der Waals surface area contributed by atoms with Gasteiger partial charge in [-0.05, 0) is 0 Å². The minimum absolute atomic E-state index is 0.349. The molecule has 0 aliphatic carbocycles. The smallest absolute Gasteiger partial charge is 0.313 e. The van der Waals surface area contributed by atoms with Gasteiger partial charge in [0.15, 0.2) is 5.83 Å². The number of allylic oxidation sites excluding steroid dienone is 1. The number of aromatic amines is 2. The number of H-pyrrole nitrogens is 2. The molecule has 0 fully saturated rings. The number of rotatable bonds is 1. The Morgan fingerprint density at radius 1 is 1.19 bits per heavy atom. The first-order valence-corrected chi connectivity index (χ1v) is 3.68. The van der Waals surface area contributed by atoms with Crippen LogP contribution in [0.5, 0.6) is 0 Å². The molecule has 1 heterocycles. The Hall–Kier alpha value is -1.93. The van der Waals surface area contributed by atoms with E-state index in [1.165, 1.54) is 4.98 Å². The zero-order chi connectivity index (χ0) is 12.5. The van der Waals surface area contributed by atoms with Gasteiger partial charge in [0.2, 0.25) is 5.83 Å². The molecule has 0 bridgehead atoms. The van der Waals surface area contributed by atoms with Crippen LogP contribution in [0.2, 0.25) is 0 Å². The van der Waals surface area contributed by atoms with Crippen LogP contribution in [0.25, 0.3) is 5.83 Å². The first-order valence-electron chi connectivity index (χ1n) is 3.68. The molecule has 16 heavy (non-hydrogen) atoms. The topological polar surface area (TPSA) is 65.7 Å². The summed E-state index contributed by atoms with van der Waals surface area (Å²) in [6, 6.07) is 0. The van der Waals surface area contributed by atoms with Crippen LogP contribution in [0.3, 0.4) is 0 Å². The van der Waals surface area contributed by atoms with Crippen LogP contribution in [0.1, 0.15) is 5.56 Å². The standard InChI is InChI=1S/C7H3F5N2O2/c8-3(4(9)7(10,11)12)2-1-13-6(16)14-5(2)15/h1H,(H2,13,14,15,16)/b4-3+. The maximum atomic E-state index is 12.9. The van der Waals surface area contributed by atoms with Crippen molar-refractivity contribution >= 4 is 5.83 Å². The predicted molar refractivity (Wildman–Crippen MR) is 42.9 cm³/mol. The van der Waals surface area contributed by atoms with Crippen molar-refractivity contribution < 1.29 is 22.0 Å². The molecular formula is C7H3F5N2O2. The van der Waals surface area contributed by atoms with E-state index in [1.54, 1.807) is 4.98 Å². The fourth-order valence-electron chi connectivity index (χ4n) is 0.816. The lowest BCUT2D eigenvalue weighted by Gasteiger charge is -2.04. The van der Waals surface area contributed by atoms with E-state index in [9.17, 15) is 31.5 Å². The van der Waals surface area contributed by atoms with E-state index in [0.29, 0.717) is 6.20 Å². The van der Waals surface area contributed by atoms with Gasteiger partial charge >= 0.3 is 11.9 Å². The number of hydrogen-bond donors (Lipinski definition) is 2. The quantitative estimate of drug-likeness (QED) is 0.727. The van der Waals surface area contributed by atoms with Crippen molar-refractivity contribution in [1.29, 1.82) is 0 Å². The van der Waals surface area contributed by atoms with Gasteiger partial charge < -0.3 is 4.98 Å². The van der Waals surface area contributed by atoms with Gasteiger partial charge in [-0.1, -0.05) is 0 Å². The van der Waals surface area contributed by atoms with Crippen LogP contribution in [0.4, 0.5) is 22.0 Å². The van der Waals surface area contributed by atoms with Crippen LogP contribution in [0.15, 0.2) is 21.6 Å². The summed E-state index contributed by atoms with van der Waals surface area (Å²) < 4.78 is 60.5. The summed E-state index contributed by atoms with van der Waals surface area (Å²) in [6.07, 6.45) is -5.19. The van der Waals surface area contributed by atoms with E-state index in [-0.39, 0.29) is 0 Å². The van der Waals surface area contributed by atoms with Crippen molar-refractivity contribution in [3.63, 3.8) is 0 Å². The summed E-state index contributed by atoms with van der Waals surface area (Å²) in [4.78, 5) is 24.5. The second-order valence-corrected chi connectivity index (χ2v) is 2.61. The van der Waals surface area contributed by atoms with Gasteiger partial charge in [0.05, 0.1) is 5.56 Å². The van der Waals surface area contributed by atoms with Gasteiger partial charge in [0.1, 0.15) is 0 Å². The van der Waals surface area contributed by atoms with Crippen molar-refractivity contribution in [3.8, 4) is 0 Å². The molecule has 0 unspecified atom stereocenters. The van der Waals surface area contributed by atoms with Gasteiger partial charge in [0, 0.05) is 6.20 Å². The molecule has 0 aliphatic rings. The van der Waals surface area contributed by atoms with Gasteiger partial charge in [-0.15, -0.1) is 0 Å². The zero-order valence-corrected chi connectivity index (χ0v) is 7.28. The second-order valence-electron chi connectivity index (χ2n) is 2.61. The molecule has 1 aromatic heterocycles. The van der Waals surface area contributed by atoms with Crippen LogP contribution < -0.4 is 11.2 Å². The Labute approximate surface area is 83.4 Å². The van der Waals surface area contributed by atoms with Crippen molar-refractivity contribution in [2.24, 2.45) is 0 Å². The van der Waals surface area contributed by atoms with Crippen molar-refractivity contribution in [2.45, 2.75) is 6.18 Å². The fraction of sp³-hybridized carbons (Fsp3) is 0.143. The van der Waals surface area contributed by atoms with E-state index in [2.05, 4.69) is 0 Å². The number of aromatic nitrogens is 2. The van der Waals surface area contributed by atoms with Crippen LogP contribution >= 0.6 is 0 Å². The highest BCUT2D eigenvalue weighted by Crippen LogP contribution is 2.32. The minimum atomic E-state index is -5.54. The molecule has 1 rings (SSSR count). The molecule has 88 valence electrons. The summed E-state index contributed by atoms with van der Waals surface area (Å²) in [5, 5.41) is 0. The summed E-state index contributed by atoms with van der Waals surface area (Å²) in [5.74, 6) is -5.42. The maximum absolute atomic E-state index is 12.9. The van der Waals surface area contributed by atoms with Gasteiger partial charge in [-0.2, -0.15) is 17.6 Å². The molecule has 2 N–H and O–H groups in total. The number of hydrogen-bond acceptors (Lipinski definition) is 2. The third kappa shape index (κ3) is 2.35. The van der Waals surface area contributed by atoms with E-state index in [4.69, 9.17) is 0 Å². The predicted octanol–water partition coefficient (Wildman–Crippen LogP) is 1.23. The summed E-state index contributed by atoms with van der Waals surface area (Å²) >= 11 is 0. The monoisotopic (exact) mass is 242 g/mol. The van der Waals surface area contributed by atoms with Gasteiger partial charge in [-0.25, -0.2) is 9.18 Å². The lowest BCUT2D eigenvalue weighted by molar-refractivity contribution is -0.108. The Bertz CT molecular complexity index is 539.